The van der Waals surface area contributed by atoms with Gasteiger partial charge in [0.05, 0.1) is 13.2 Å². The molecule has 1 saturated heterocycles. The average Bonchev–Trinajstić information content (AvgIpc) is 2.38. The lowest BCUT2D eigenvalue weighted by molar-refractivity contribution is 0.0378. The fourth-order valence-electron chi connectivity index (χ4n) is 1.75. The lowest BCUT2D eigenvalue weighted by Gasteiger charge is -2.26. The van der Waals surface area contributed by atoms with Gasteiger partial charge in [-0.2, -0.15) is 0 Å². The van der Waals surface area contributed by atoms with Crippen molar-refractivity contribution in [2.24, 2.45) is 0 Å². The Hall–Kier alpha value is -0.910. The van der Waals surface area contributed by atoms with E-state index in [1.54, 1.807) is 6.07 Å². The second kappa shape index (κ2) is 6.74. The van der Waals surface area contributed by atoms with Crippen molar-refractivity contribution in [3.8, 4) is 0 Å². The van der Waals surface area contributed by atoms with Gasteiger partial charge >= 0.3 is 0 Å². The smallest absolute Gasteiger partial charge is 0.151 e. The Balaban J connectivity index is 1.60. The summed E-state index contributed by atoms with van der Waals surface area (Å²) in [5.41, 5.74) is 0. The molecule has 0 unspecified atom stereocenters. The molecule has 0 bridgehead atoms. The van der Waals surface area contributed by atoms with Crippen LogP contribution in [0.1, 0.15) is 6.42 Å². The molecule has 17 heavy (non-hydrogen) atoms. The number of hydrogen-bond acceptors (Lipinski definition) is 5. The van der Waals surface area contributed by atoms with E-state index in [9.17, 15) is 0 Å². The number of ether oxygens (including phenoxy) is 1. The van der Waals surface area contributed by atoms with E-state index >= 15 is 0 Å². The van der Waals surface area contributed by atoms with Gasteiger partial charge in [-0.1, -0.05) is 11.6 Å². The van der Waals surface area contributed by atoms with Crippen LogP contribution in [0, 0.1) is 0 Å². The quantitative estimate of drug-likeness (QED) is 0.804. The maximum absolute atomic E-state index is 5.65. The van der Waals surface area contributed by atoms with Crippen molar-refractivity contribution in [3.63, 3.8) is 0 Å². The third-order valence-electron chi connectivity index (χ3n) is 2.69. The van der Waals surface area contributed by atoms with E-state index in [2.05, 4.69) is 20.4 Å². The molecule has 0 amide bonds. The van der Waals surface area contributed by atoms with Crippen molar-refractivity contribution in [3.05, 3.63) is 17.3 Å². The van der Waals surface area contributed by atoms with Crippen molar-refractivity contribution in [1.29, 1.82) is 0 Å². The molecule has 1 aromatic heterocycles. The highest BCUT2D eigenvalue weighted by Crippen LogP contribution is 2.06. The predicted octanol–water partition coefficient (Wildman–Crippen LogP) is 1.26. The van der Waals surface area contributed by atoms with Gasteiger partial charge in [-0.25, -0.2) is 0 Å². The summed E-state index contributed by atoms with van der Waals surface area (Å²) in [6, 6.07) is 3.57. The minimum absolute atomic E-state index is 0.420. The van der Waals surface area contributed by atoms with E-state index in [0.29, 0.717) is 5.15 Å². The molecular weight excluding hydrogens is 240 g/mol. The Labute approximate surface area is 106 Å². The second-order valence-corrected chi connectivity index (χ2v) is 4.36. The maximum atomic E-state index is 5.65. The molecule has 1 aromatic rings. The molecule has 2 heterocycles. The number of nitrogens with zero attached hydrogens (tertiary/aromatic N) is 3. The highest BCUT2D eigenvalue weighted by atomic mass is 35.5. The Morgan fingerprint density at radius 1 is 1.29 bits per heavy atom. The van der Waals surface area contributed by atoms with Crippen molar-refractivity contribution >= 4 is 17.4 Å². The van der Waals surface area contributed by atoms with Gasteiger partial charge < -0.3 is 10.1 Å². The molecule has 0 saturated carbocycles. The number of rotatable bonds is 5. The monoisotopic (exact) mass is 256 g/mol. The van der Waals surface area contributed by atoms with Crippen molar-refractivity contribution < 1.29 is 4.74 Å². The normalized spacial score (nSPS) is 17.0. The summed E-state index contributed by atoms with van der Waals surface area (Å²) in [6.45, 7) is 5.79. The van der Waals surface area contributed by atoms with Crippen molar-refractivity contribution in [2.45, 2.75) is 6.42 Å². The number of nitrogens with one attached hydrogen (secondary N) is 1. The summed E-state index contributed by atoms with van der Waals surface area (Å²) in [4.78, 5) is 2.42. The van der Waals surface area contributed by atoms with Crippen LogP contribution in [0.2, 0.25) is 5.15 Å². The first-order valence-corrected chi connectivity index (χ1v) is 6.25. The topological polar surface area (TPSA) is 50.3 Å². The highest BCUT2D eigenvalue weighted by Gasteiger charge is 2.08. The lowest BCUT2D eigenvalue weighted by atomic mass is 10.3. The largest absolute Gasteiger partial charge is 0.379 e. The van der Waals surface area contributed by atoms with Crippen LogP contribution in [0.15, 0.2) is 12.1 Å². The number of morpholine rings is 1. The van der Waals surface area contributed by atoms with Gasteiger partial charge in [0, 0.05) is 19.6 Å². The number of aromatic nitrogens is 2. The molecule has 6 heteroatoms. The van der Waals surface area contributed by atoms with Crippen LogP contribution in [-0.4, -0.2) is 54.5 Å². The van der Waals surface area contributed by atoms with Gasteiger partial charge in [0.25, 0.3) is 0 Å². The number of hydrogen-bond donors (Lipinski definition) is 1. The molecule has 1 N–H and O–H groups in total. The Morgan fingerprint density at radius 3 is 2.82 bits per heavy atom. The summed E-state index contributed by atoms with van der Waals surface area (Å²) >= 11 is 5.65. The van der Waals surface area contributed by atoms with Gasteiger partial charge in [-0.15, -0.1) is 10.2 Å². The summed E-state index contributed by atoms with van der Waals surface area (Å²) < 4.78 is 5.30. The molecule has 5 nitrogen and oxygen atoms in total. The molecule has 1 aliphatic rings. The van der Waals surface area contributed by atoms with Crippen molar-refractivity contribution in [1.82, 2.24) is 15.1 Å². The number of anilines is 1. The first kappa shape index (κ1) is 12.5. The Morgan fingerprint density at radius 2 is 2.12 bits per heavy atom. The van der Waals surface area contributed by atoms with E-state index in [1.165, 1.54) is 0 Å². The third-order valence-corrected chi connectivity index (χ3v) is 2.89. The fraction of sp³-hybridized carbons (Fsp3) is 0.636. The van der Waals surface area contributed by atoms with Crippen LogP contribution in [-0.2, 0) is 4.74 Å². The summed E-state index contributed by atoms with van der Waals surface area (Å²) in [5, 5.41) is 11.4. The molecule has 0 radical (unpaired) electrons. The van der Waals surface area contributed by atoms with E-state index in [4.69, 9.17) is 16.3 Å². The van der Waals surface area contributed by atoms with Crippen LogP contribution in [0.3, 0.4) is 0 Å². The predicted molar refractivity (Wildman–Crippen MR) is 67.4 cm³/mol. The standard InChI is InChI=1S/C11H17ClN4O/c12-10-2-3-11(15-14-10)13-4-1-5-16-6-8-17-9-7-16/h2-3H,1,4-9H2,(H,13,15). The fourth-order valence-corrected chi connectivity index (χ4v) is 1.85. The van der Waals surface area contributed by atoms with Crippen LogP contribution >= 0.6 is 11.6 Å². The molecule has 94 valence electrons. The van der Waals surface area contributed by atoms with Gasteiger partial charge in [0.15, 0.2) is 5.15 Å². The molecule has 1 fully saturated rings. The zero-order valence-electron chi connectivity index (χ0n) is 9.73. The lowest BCUT2D eigenvalue weighted by Crippen LogP contribution is -2.37. The van der Waals surface area contributed by atoms with E-state index in [0.717, 1.165) is 51.6 Å². The van der Waals surface area contributed by atoms with Gasteiger partial charge in [-0.3, -0.25) is 4.90 Å². The minimum atomic E-state index is 0.420. The summed E-state index contributed by atoms with van der Waals surface area (Å²) in [5.74, 6) is 0.774. The zero-order valence-corrected chi connectivity index (χ0v) is 10.5. The van der Waals surface area contributed by atoms with Gasteiger partial charge in [0.1, 0.15) is 5.82 Å². The van der Waals surface area contributed by atoms with Crippen LogP contribution in [0.4, 0.5) is 5.82 Å². The Kier molecular flexibility index (Phi) is 4.97. The second-order valence-electron chi connectivity index (χ2n) is 3.98. The SMILES string of the molecule is Clc1ccc(NCCCN2CCOCC2)nn1. The molecule has 1 aliphatic heterocycles. The summed E-state index contributed by atoms with van der Waals surface area (Å²) in [6.07, 6.45) is 1.09. The van der Waals surface area contributed by atoms with Crippen LogP contribution in [0.5, 0.6) is 0 Å². The zero-order chi connectivity index (χ0) is 11.9. The van der Waals surface area contributed by atoms with Gasteiger partial charge in [0.2, 0.25) is 0 Å². The van der Waals surface area contributed by atoms with Crippen LogP contribution in [0.25, 0.3) is 0 Å². The highest BCUT2D eigenvalue weighted by molar-refractivity contribution is 6.29. The molecule has 0 aromatic carbocycles. The first-order valence-electron chi connectivity index (χ1n) is 5.88. The average molecular weight is 257 g/mol. The summed E-state index contributed by atoms with van der Waals surface area (Å²) in [7, 11) is 0. The molecule has 0 atom stereocenters. The molecular formula is C11H17ClN4O. The minimum Gasteiger partial charge on any atom is -0.379 e. The maximum Gasteiger partial charge on any atom is 0.151 e. The third kappa shape index (κ3) is 4.46. The number of halogens is 1. The first-order chi connectivity index (χ1) is 8.34. The molecule has 0 spiro atoms. The van der Waals surface area contributed by atoms with E-state index in [1.807, 2.05) is 6.07 Å². The molecule has 0 aliphatic carbocycles. The van der Waals surface area contributed by atoms with Gasteiger partial charge in [-0.05, 0) is 25.1 Å². The van der Waals surface area contributed by atoms with Crippen LogP contribution < -0.4 is 5.32 Å². The van der Waals surface area contributed by atoms with E-state index in [-0.39, 0.29) is 0 Å². The molecule has 2 rings (SSSR count). The van der Waals surface area contributed by atoms with Crippen molar-refractivity contribution in [2.75, 3.05) is 44.7 Å². The Bertz CT molecular complexity index is 327. The van der Waals surface area contributed by atoms with E-state index < -0.39 is 0 Å².